The maximum Gasteiger partial charge on any atom is 0.291 e. The minimum Gasteiger partial charge on any atom is -0.367 e. The third-order valence-electron chi connectivity index (χ3n) is 2.54. The molecule has 8 nitrogen and oxygen atoms in total. The molecule has 2 aromatic heterocycles. The number of hydrogen-bond donors (Lipinski definition) is 1. The molecule has 0 aromatic carbocycles. The zero-order valence-corrected chi connectivity index (χ0v) is 11.7. The SMILES string of the molecule is Cc1c([N+](=O)[O-])cnc(NCCn2ccnn2)c1Br. The molecule has 9 heteroatoms. The van der Waals surface area contributed by atoms with Gasteiger partial charge in [-0.2, -0.15) is 0 Å². The molecule has 0 spiro atoms. The molecule has 0 bridgehead atoms. The van der Waals surface area contributed by atoms with Gasteiger partial charge in [-0.05, 0) is 22.9 Å². The van der Waals surface area contributed by atoms with Gasteiger partial charge < -0.3 is 5.32 Å². The van der Waals surface area contributed by atoms with Crippen molar-refractivity contribution in [2.75, 3.05) is 11.9 Å². The average Bonchev–Trinajstić information content (AvgIpc) is 2.87. The maximum absolute atomic E-state index is 10.8. The fraction of sp³-hybridized carbons (Fsp3) is 0.300. The van der Waals surface area contributed by atoms with E-state index in [0.717, 1.165) is 0 Å². The smallest absolute Gasteiger partial charge is 0.291 e. The number of nitro groups is 1. The summed E-state index contributed by atoms with van der Waals surface area (Å²) in [6.45, 7) is 2.89. The molecule has 0 unspecified atom stereocenters. The summed E-state index contributed by atoms with van der Waals surface area (Å²) in [4.78, 5) is 14.3. The molecular formula is C10H11BrN6O2. The number of anilines is 1. The van der Waals surface area contributed by atoms with Crippen LogP contribution in [-0.4, -0.2) is 31.4 Å². The number of nitrogens with one attached hydrogen (secondary N) is 1. The summed E-state index contributed by atoms with van der Waals surface area (Å²) in [7, 11) is 0. The number of halogens is 1. The Labute approximate surface area is 117 Å². The van der Waals surface area contributed by atoms with Gasteiger partial charge in [-0.1, -0.05) is 5.21 Å². The normalized spacial score (nSPS) is 10.4. The molecule has 0 fully saturated rings. The van der Waals surface area contributed by atoms with Gasteiger partial charge in [-0.15, -0.1) is 5.10 Å². The second kappa shape index (κ2) is 5.74. The number of pyridine rings is 1. The van der Waals surface area contributed by atoms with Crippen LogP contribution in [0, 0.1) is 17.0 Å². The fourth-order valence-corrected chi connectivity index (χ4v) is 1.96. The molecule has 2 aromatic rings. The van der Waals surface area contributed by atoms with E-state index in [1.165, 1.54) is 6.20 Å². The highest BCUT2D eigenvalue weighted by Gasteiger charge is 2.16. The van der Waals surface area contributed by atoms with E-state index in [0.29, 0.717) is 28.9 Å². The quantitative estimate of drug-likeness (QED) is 0.664. The summed E-state index contributed by atoms with van der Waals surface area (Å²) in [6, 6.07) is 0. The van der Waals surface area contributed by atoms with Crippen LogP contribution in [0.15, 0.2) is 23.1 Å². The van der Waals surface area contributed by atoms with Crippen molar-refractivity contribution < 1.29 is 4.92 Å². The first kappa shape index (κ1) is 13.4. The van der Waals surface area contributed by atoms with Gasteiger partial charge in [0.2, 0.25) is 0 Å². The van der Waals surface area contributed by atoms with Crippen LogP contribution in [0.4, 0.5) is 11.5 Å². The first-order chi connectivity index (χ1) is 9.09. The van der Waals surface area contributed by atoms with Gasteiger partial charge in [-0.25, -0.2) is 4.98 Å². The summed E-state index contributed by atoms with van der Waals surface area (Å²) in [5, 5.41) is 21.4. The number of aromatic nitrogens is 4. The lowest BCUT2D eigenvalue weighted by Crippen LogP contribution is -2.12. The highest BCUT2D eigenvalue weighted by Crippen LogP contribution is 2.30. The largest absolute Gasteiger partial charge is 0.367 e. The summed E-state index contributed by atoms with van der Waals surface area (Å²) in [5.74, 6) is 0.572. The molecule has 19 heavy (non-hydrogen) atoms. The number of hydrogen-bond acceptors (Lipinski definition) is 6. The van der Waals surface area contributed by atoms with Crippen molar-refractivity contribution >= 4 is 27.4 Å². The van der Waals surface area contributed by atoms with Crippen molar-refractivity contribution in [3.63, 3.8) is 0 Å². The van der Waals surface area contributed by atoms with Gasteiger partial charge in [0.1, 0.15) is 12.0 Å². The Bertz CT molecular complexity index is 586. The van der Waals surface area contributed by atoms with Crippen LogP contribution in [0.5, 0.6) is 0 Å². The Kier molecular flexibility index (Phi) is 4.05. The molecule has 0 atom stereocenters. The summed E-state index contributed by atoms with van der Waals surface area (Å²) in [6.07, 6.45) is 4.60. The second-order valence-electron chi connectivity index (χ2n) is 3.78. The Morgan fingerprint density at radius 2 is 2.37 bits per heavy atom. The van der Waals surface area contributed by atoms with Crippen molar-refractivity contribution in [1.29, 1.82) is 0 Å². The summed E-state index contributed by atoms with van der Waals surface area (Å²) in [5.41, 5.74) is 0.539. The van der Waals surface area contributed by atoms with E-state index in [2.05, 4.69) is 36.5 Å². The van der Waals surface area contributed by atoms with Crippen molar-refractivity contribution in [2.24, 2.45) is 0 Å². The first-order valence-corrected chi connectivity index (χ1v) is 6.26. The highest BCUT2D eigenvalue weighted by molar-refractivity contribution is 9.10. The standard InChI is InChI=1S/C10H11BrN6O2/c1-7-8(17(18)19)6-13-10(9(7)11)12-2-4-16-5-3-14-15-16/h3,5-6H,2,4H2,1H3,(H,12,13). The van der Waals surface area contributed by atoms with E-state index >= 15 is 0 Å². The molecule has 2 heterocycles. The Morgan fingerprint density at radius 3 is 3.00 bits per heavy atom. The van der Waals surface area contributed by atoms with Crippen LogP contribution < -0.4 is 5.32 Å². The Balaban J connectivity index is 2.05. The first-order valence-electron chi connectivity index (χ1n) is 5.47. The zero-order chi connectivity index (χ0) is 13.8. The van der Waals surface area contributed by atoms with Crippen LogP contribution in [-0.2, 0) is 6.54 Å². The molecule has 0 radical (unpaired) electrons. The molecule has 0 saturated carbocycles. The van der Waals surface area contributed by atoms with Crippen molar-refractivity contribution in [3.05, 3.63) is 38.7 Å². The van der Waals surface area contributed by atoms with Gasteiger partial charge in [0.15, 0.2) is 0 Å². The van der Waals surface area contributed by atoms with Crippen molar-refractivity contribution in [2.45, 2.75) is 13.5 Å². The fourth-order valence-electron chi connectivity index (χ4n) is 1.52. The maximum atomic E-state index is 10.8. The van der Waals surface area contributed by atoms with E-state index in [1.54, 1.807) is 24.0 Å². The van der Waals surface area contributed by atoms with Gasteiger partial charge in [0.25, 0.3) is 5.69 Å². The average molecular weight is 327 g/mol. The minimum absolute atomic E-state index is 0.00583. The van der Waals surface area contributed by atoms with Crippen LogP contribution in [0.3, 0.4) is 0 Å². The van der Waals surface area contributed by atoms with E-state index in [-0.39, 0.29) is 5.69 Å². The number of nitrogens with zero attached hydrogens (tertiary/aromatic N) is 5. The van der Waals surface area contributed by atoms with Crippen LogP contribution in [0.2, 0.25) is 0 Å². The van der Waals surface area contributed by atoms with Crippen LogP contribution >= 0.6 is 15.9 Å². The van der Waals surface area contributed by atoms with E-state index in [1.807, 2.05) is 0 Å². The Morgan fingerprint density at radius 1 is 1.58 bits per heavy atom. The third-order valence-corrected chi connectivity index (χ3v) is 3.51. The monoisotopic (exact) mass is 326 g/mol. The number of rotatable bonds is 5. The lowest BCUT2D eigenvalue weighted by atomic mass is 10.2. The summed E-state index contributed by atoms with van der Waals surface area (Å²) < 4.78 is 2.28. The van der Waals surface area contributed by atoms with E-state index in [4.69, 9.17) is 0 Å². The predicted octanol–water partition coefficient (Wildman–Crippen LogP) is 1.76. The predicted molar refractivity (Wildman–Crippen MR) is 71.8 cm³/mol. The van der Waals surface area contributed by atoms with E-state index < -0.39 is 4.92 Å². The molecule has 0 aliphatic rings. The molecule has 0 amide bonds. The zero-order valence-electron chi connectivity index (χ0n) is 10.1. The molecule has 0 saturated heterocycles. The Hall–Kier alpha value is -2.03. The topological polar surface area (TPSA) is 98.8 Å². The molecule has 100 valence electrons. The van der Waals surface area contributed by atoms with Crippen LogP contribution in [0.1, 0.15) is 5.56 Å². The van der Waals surface area contributed by atoms with E-state index in [9.17, 15) is 10.1 Å². The summed E-state index contributed by atoms with van der Waals surface area (Å²) >= 11 is 3.31. The third kappa shape index (κ3) is 3.05. The molecule has 0 aliphatic carbocycles. The van der Waals surface area contributed by atoms with Gasteiger partial charge >= 0.3 is 0 Å². The minimum atomic E-state index is -0.452. The van der Waals surface area contributed by atoms with Gasteiger partial charge in [-0.3, -0.25) is 14.8 Å². The van der Waals surface area contributed by atoms with Gasteiger partial charge in [0, 0.05) is 18.3 Å². The molecule has 0 aliphatic heterocycles. The molecular weight excluding hydrogens is 316 g/mol. The lowest BCUT2D eigenvalue weighted by Gasteiger charge is -2.09. The van der Waals surface area contributed by atoms with Gasteiger partial charge in [0.05, 0.1) is 22.1 Å². The second-order valence-corrected chi connectivity index (χ2v) is 4.57. The molecule has 2 rings (SSSR count). The van der Waals surface area contributed by atoms with Crippen molar-refractivity contribution in [3.8, 4) is 0 Å². The highest BCUT2D eigenvalue weighted by atomic mass is 79.9. The molecule has 1 N–H and O–H groups in total. The van der Waals surface area contributed by atoms with Crippen molar-refractivity contribution in [1.82, 2.24) is 20.0 Å². The lowest BCUT2D eigenvalue weighted by molar-refractivity contribution is -0.385. The van der Waals surface area contributed by atoms with Crippen LogP contribution in [0.25, 0.3) is 0 Å².